The minimum atomic E-state index is -3.96. The largest absolute Gasteiger partial charge is 0.468 e. The Morgan fingerprint density at radius 2 is 2.09 bits per heavy atom. The van der Waals surface area contributed by atoms with Crippen LogP contribution in [-0.2, 0) is 24.3 Å². The number of hydrogen-bond donors (Lipinski definition) is 1. The second-order valence-corrected chi connectivity index (χ2v) is 7.18. The Labute approximate surface area is 132 Å². The van der Waals surface area contributed by atoms with E-state index in [0.29, 0.717) is 12.8 Å². The number of ketones is 1. The van der Waals surface area contributed by atoms with E-state index in [2.05, 4.69) is 10.1 Å². The van der Waals surface area contributed by atoms with Crippen LogP contribution in [0, 0.1) is 0 Å². The van der Waals surface area contributed by atoms with Crippen molar-refractivity contribution in [1.82, 2.24) is 4.31 Å². The average molecular weight is 338 g/mol. The molecule has 0 aromatic heterocycles. The van der Waals surface area contributed by atoms with Crippen LogP contribution < -0.4 is 5.32 Å². The molecule has 0 aliphatic carbocycles. The van der Waals surface area contributed by atoms with Crippen molar-refractivity contribution in [3.05, 3.63) is 23.8 Å². The van der Waals surface area contributed by atoms with Crippen LogP contribution in [0.2, 0.25) is 0 Å². The first-order chi connectivity index (χ1) is 10.9. The van der Waals surface area contributed by atoms with Crippen molar-refractivity contribution >= 4 is 33.4 Å². The van der Waals surface area contributed by atoms with Crippen LogP contribution >= 0.6 is 0 Å². The van der Waals surface area contributed by atoms with Crippen LogP contribution in [0.25, 0.3) is 0 Å². The molecular weight excluding hydrogens is 324 g/mol. The van der Waals surface area contributed by atoms with Gasteiger partial charge < -0.3 is 10.1 Å². The molecule has 1 N–H and O–H groups in total. The van der Waals surface area contributed by atoms with Gasteiger partial charge in [-0.3, -0.25) is 14.4 Å². The molecule has 0 saturated carbocycles. The van der Waals surface area contributed by atoms with E-state index in [4.69, 9.17) is 0 Å². The van der Waals surface area contributed by atoms with Crippen LogP contribution in [0.5, 0.6) is 0 Å². The third kappa shape index (κ3) is 2.41. The predicted molar refractivity (Wildman–Crippen MR) is 78.3 cm³/mol. The lowest BCUT2D eigenvalue weighted by molar-refractivity contribution is -0.144. The van der Waals surface area contributed by atoms with Gasteiger partial charge in [-0.25, -0.2) is 8.42 Å². The van der Waals surface area contributed by atoms with E-state index in [1.807, 2.05) is 0 Å². The average Bonchev–Trinajstić information content (AvgIpc) is 3.13. The molecular formula is C14H14N2O6S. The third-order valence-electron chi connectivity index (χ3n) is 3.97. The lowest BCUT2D eigenvalue weighted by Gasteiger charge is -2.22. The van der Waals surface area contributed by atoms with Gasteiger partial charge in [-0.15, -0.1) is 0 Å². The molecule has 2 aliphatic heterocycles. The molecule has 2 aliphatic rings. The number of esters is 1. The summed E-state index contributed by atoms with van der Waals surface area (Å²) in [5.74, 6) is -2.17. The molecule has 0 radical (unpaired) electrons. The van der Waals surface area contributed by atoms with E-state index in [1.165, 1.54) is 19.2 Å². The number of nitrogens with one attached hydrogen (secondary N) is 1. The fourth-order valence-electron chi connectivity index (χ4n) is 2.82. The topological polar surface area (TPSA) is 110 Å². The number of nitrogens with zero attached hydrogens (tertiary/aromatic N) is 1. The van der Waals surface area contributed by atoms with Crippen molar-refractivity contribution < 1.29 is 27.5 Å². The van der Waals surface area contributed by atoms with E-state index in [1.54, 1.807) is 0 Å². The van der Waals surface area contributed by atoms with Gasteiger partial charge in [0.05, 0.1) is 23.3 Å². The fourth-order valence-corrected chi connectivity index (χ4v) is 4.49. The molecule has 0 bridgehead atoms. The summed E-state index contributed by atoms with van der Waals surface area (Å²) in [6.07, 6.45) is 0.929. The van der Waals surface area contributed by atoms with E-state index >= 15 is 0 Å². The molecule has 23 heavy (non-hydrogen) atoms. The van der Waals surface area contributed by atoms with Crippen molar-refractivity contribution in [2.24, 2.45) is 0 Å². The number of fused-ring (bicyclic) bond motifs is 1. The number of carbonyl (C=O) groups is 3. The number of methoxy groups -OCH3 is 1. The van der Waals surface area contributed by atoms with Gasteiger partial charge in [-0.05, 0) is 31.0 Å². The van der Waals surface area contributed by atoms with Gasteiger partial charge in [-0.1, -0.05) is 0 Å². The van der Waals surface area contributed by atoms with E-state index in [9.17, 15) is 22.8 Å². The number of ether oxygens (including phenoxy) is 1. The van der Waals surface area contributed by atoms with Gasteiger partial charge in [0.1, 0.15) is 6.04 Å². The summed E-state index contributed by atoms with van der Waals surface area (Å²) >= 11 is 0. The molecule has 1 saturated heterocycles. The van der Waals surface area contributed by atoms with Gasteiger partial charge in [0.25, 0.3) is 11.7 Å². The summed E-state index contributed by atoms with van der Waals surface area (Å²) in [6, 6.07) is 2.97. The number of Topliss-reactive ketones (excluding diaryl/α,β-unsaturated/α-hetero) is 1. The standard InChI is InChI=1S/C14H14N2O6S/c1-22-14(19)11-3-2-6-16(11)23(20,21)8-4-5-10-9(7-8)12(17)13(18)15-10/h4-5,7,11H,2-3,6H2,1H3,(H,15,17,18)/t11-/m0/s1. The third-order valence-corrected chi connectivity index (χ3v) is 5.88. The lowest BCUT2D eigenvalue weighted by Crippen LogP contribution is -2.41. The second-order valence-electron chi connectivity index (χ2n) is 5.29. The molecule has 122 valence electrons. The zero-order valence-corrected chi connectivity index (χ0v) is 13.1. The van der Waals surface area contributed by atoms with Gasteiger partial charge in [0, 0.05) is 6.54 Å². The Kier molecular flexibility index (Phi) is 3.69. The molecule has 1 aromatic carbocycles. The van der Waals surface area contributed by atoms with Gasteiger partial charge in [-0.2, -0.15) is 4.31 Å². The highest BCUT2D eigenvalue weighted by Crippen LogP contribution is 2.30. The molecule has 1 amide bonds. The van der Waals surface area contributed by atoms with E-state index < -0.39 is 33.7 Å². The fraction of sp³-hybridized carbons (Fsp3) is 0.357. The minimum absolute atomic E-state index is 0.0184. The minimum Gasteiger partial charge on any atom is -0.468 e. The molecule has 1 aromatic rings. The molecule has 1 atom stereocenters. The van der Waals surface area contributed by atoms with Crippen molar-refractivity contribution in [3.63, 3.8) is 0 Å². The van der Waals surface area contributed by atoms with Gasteiger partial charge in [0.15, 0.2) is 0 Å². The quantitative estimate of drug-likeness (QED) is 0.620. The number of hydrogen-bond acceptors (Lipinski definition) is 6. The number of rotatable bonds is 3. The Hall–Kier alpha value is -2.26. The molecule has 0 spiro atoms. The normalized spacial score (nSPS) is 21.2. The monoisotopic (exact) mass is 338 g/mol. The van der Waals surface area contributed by atoms with Crippen molar-refractivity contribution in [3.8, 4) is 0 Å². The van der Waals surface area contributed by atoms with Crippen molar-refractivity contribution in [2.45, 2.75) is 23.8 Å². The van der Waals surface area contributed by atoms with Crippen LogP contribution in [-0.4, -0.2) is 50.1 Å². The Morgan fingerprint density at radius 3 is 2.78 bits per heavy atom. The molecule has 0 unspecified atom stereocenters. The summed E-state index contributed by atoms with van der Waals surface area (Å²) < 4.78 is 31.2. The smallest absolute Gasteiger partial charge is 0.324 e. The highest BCUT2D eigenvalue weighted by molar-refractivity contribution is 7.89. The first-order valence-corrected chi connectivity index (χ1v) is 8.39. The summed E-state index contributed by atoms with van der Waals surface area (Å²) in [5.41, 5.74) is 0.301. The molecule has 8 nitrogen and oxygen atoms in total. The van der Waals surface area contributed by atoms with Crippen LogP contribution in [0.1, 0.15) is 23.2 Å². The van der Waals surface area contributed by atoms with E-state index in [-0.39, 0.29) is 22.7 Å². The molecule has 1 fully saturated rings. The number of amides is 1. The number of sulfonamides is 1. The first-order valence-electron chi connectivity index (χ1n) is 6.95. The second kappa shape index (κ2) is 5.43. The summed E-state index contributed by atoms with van der Waals surface area (Å²) in [7, 11) is -2.76. The maximum atomic E-state index is 12.8. The Balaban J connectivity index is 2.00. The maximum Gasteiger partial charge on any atom is 0.324 e. The van der Waals surface area contributed by atoms with E-state index in [0.717, 1.165) is 10.4 Å². The van der Waals surface area contributed by atoms with Crippen LogP contribution in [0.4, 0.5) is 5.69 Å². The number of carbonyl (C=O) groups excluding carboxylic acids is 3. The lowest BCUT2D eigenvalue weighted by atomic mass is 10.1. The summed E-state index contributed by atoms with van der Waals surface area (Å²) in [4.78, 5) is 34.7. The summed E-state index contributed by atoms with van der Waals surface area (Å²) in [6.45, 7) is 0.199. The highest BCUT2D eigenvalue weighted by atomic mass is 32.2. The first kappa shape index (κ1) is 15.6. The predicted octanol–water partition coefficient (Wildman–Crippen LogP) is 0.147. The molecule has 3 rings (SSSR count). The SMILES string of the molecule is COC(=O)[C@@H]1CCCN1S(=O)(=O)c1ccc2c(c1)C(=O)C(=O)N2. The van der Waals surface area contributed by atoms with Crippen LogP contribution in [0.3, 0.4) is 0 Å². The van der Waals surface area contributed by atoms with Gasteiger partial charge in [0.2, 0.25) is 10.0 Å². The number of anilines is 1. The zero-order valence-electron chi connectivity index (χ0n) is 12.2. The van der Waals surface area contributed by atoms with Gasteiger partial charge >= 0.3 is 5.97 Å². The van der Waals surface area contributed by atoms with Crippen LogP contribution in [0.15, 0.2) is 23.1 Å². The summed E-state index contributed by atoms with van der Waals surface area (Å²) in [5, 5.41) is 2.36. The Bertz CT molecular complexity index is 817. The number of benzene rings is 1. The van der Waals surface area contributed by atoms with Crippen molar-refractivity contribution in [2.75, 3.05) is 19.0 Å². The van der Waals surface area contributed by atoms with Crippen molar-refractivity contribution in [1.29, 1.82) is 0 Å². The molecule has 2 heterocycles. The Morgan fingerprint density at radius 1 is 1.35 bits per heavy atom. The molecule has 9 heteroatoms. The maximum absolute atomic E-state index is 12.8. The zero-order chi connectivity index (χ0) is 16.8. The highest BCUT2D eigenvalue weighted by Gasteiger charge is 2.41.